The Morgan fingerprint density at radius 1 is 0.329 bits per heavy atom. The molecule has 0 fully saturated rings. The molecule has 0 aromatic carbocycles. The zero-order chi connectivity index (χ0) is 50.6. The highest BCUT2D eigenvalue weighted by Gasteiger charge is 2.16. The predicted octanol–water partition coefficient (Wildman–Crippen LogP) is 19.6. The summed E-state index contributed by atoms with van der Waals surface area (Å²) >= 11 is 0. The molecule has 0 radical (unpaired) electrons. The van der Waals surface area contributed by atoms with Crippen molar-refractivity contribution in [2.75, 3.05) is 13.2 Å². The molecule has 0 aliphatic rings. The van der Waals surface area contributed by atoms with Gasteiger partial charge in [0.1, 0.15) is 6.61 Å². The number of hydrogen-bond donors (Lipinski definition) is 1. The number of allylic oxidation sites excluding steroid dienone is 22. The summed E-state index contributed by atoms with van der Waals surface area (Å²) in [7, 11) is 0. The smallest absolute Gasteiger partial charge is 0.306 e. The van der Waals surface area contributed by atoms with Crippen LogP contribution in [0.2, 0.25) is 0 Å². The molecule has 0 saturated heterocycles. The van der Waals surface area contributed by atoms with Crippen LogP contribution in [0, 0.1) is 0 Å². The van der Waals surface area contributed by atoms with Gasteiger partial charge in [0.2, 0.25) is 0 Å². The van der Waals surface area contributed by atoms with Crippen LogP contribution in [0.15, 0.2) is 134 Å². The largest absolute Gasteiger partial charge is 0.462 e. The van der Waals surface area contributed by atoms with Crippen LogP contribution in [0.4, 0.5) is 0 Å². The molecular weight excluding hydrogens is 861 g/mol. The molecule has 0 aromatic heterocycles. The minimum Gasteiger partial charge on any atom is -0.462 e. The van der Waals surface area contributed by atoms with Crippen molar-refractivity contribution in [2.24, 2.45) is 0 Å². The van der Waals surface area contributed by atoms with Gasteiger partial charge in [-0.3, -0.25) is 9.59 Å². The topological polar surface area (TPSA) is 72.8 Å². The fourth-order valence-electron chi connectivity index (χ4n) is 7.70. The Morgan fingerprint density at radius 3 is 0.886 bits per heavy atom. The molecule has 1 N–H and O–H groups in total. The summed E-state index contributed by atoms with van der Waals surface area (Å²) < 4.78 is 10.7. The molecule has 0 rings (SSSR count). The van der Waals surface area contributed by atoms with E-state index in [-0.39, 0.29) is 25.2 Å². The molecule has 396 valence electrons. The number of aliphatic hydroxyl groups is 1. The number of esters is 2. The van der Waals surface area contributed by atoms with Crippen molar-refractivity contribution in [3.05, 3.63) is 134 Å². The quantitative estimate of drug-likeness (QED) is 0.0374. The van der Waals surface area contributed by atoms with E-state index in [0.717, 1.165) is 109 Å². The number of aliphatic hydroxyl groups excluding tert-OH is 1. The molecule has 0 amide bonds. The zero-order valence-corrected chi connectivity index (χ0v) is 45.2. The number of carbonyl (C=O) groups excluding carboxylic acids is 2. The third-order valence-corrected chi connectivity index (χ3v) is 11.9. The van der Waals surface area contributed by atoms with E-state index in [0.29, 0.717) is 12.8 Å². The van der Waals surface area contributed by atoms with Crippen LogP contribution in [0.1, 0.15) is 245 Å². The molecule has 1 atom stereocenters. The summed E-state index contributed by atoms with van der Waals surface area (Å²) in [4.78, 5) is 24.5. The van der Waals surface area contributed by atoms with Crippen molar-refractivity contribution in [1.29, 1.82) is 0 Å². The highest BCUT2D eigenvalue weighted by atomic mass is 16.6. The molecule has 0 saturated carbocycles. The van der Waals surface area contributed by atoms with Crippen LogP contribution in [0.25, 0.3) is 0 Å². The van der Waals surface area contributed by atoms with E-state index < -0.39 is 6.10 Å². The Kier molecular flexibility index (Phi) is 56.0. The highest BCUT2D eigenvalue weighted by molar-refractivity contribution is 5.70. The Labute approximate surface area is 432 Å². The normalized spacial score (nSPS) is 13.2. The second kappa shape index (κ2) is 59.3. The average Bonchev–Trinajstić information content (AvgIpc) is 3.36. The van der Waals surface area contributed by atoms with E-state index in [9.17, 15) is 14.7 Å². The van der Waals surface area contributed by atoms with Crippen LogP contribution >= 0.6 is 0 Å². The Morgan fingerprint density at radius 2 is 0.571 bits per heavy atom. The van der Waals surface area contributed by atoms with Crippen LogP contribution < -0.4 is 0 Å². The third kappa shape index (κ3) is 56.6. The Balaban J connectivity index is 3.53. The highest BCUT2D eigenvalue weighted by Crippen LogP contribution is 2.16. The lowest BCUT2D eigenvalue weighted by atomic mass is 10.0. The van der Waals surface area contributed by atoms with Crippen molar-refractivity contribution in [1.82, 2.24) is 0 Å². The van der Waals surface area contributed by atoms with Crippen LogP contribution in [-0.2, 0) is 19.1 Å². The van der Waals surface area contributed by atoms with E-state index >= 15 is 0 Å². The van der Waals surface area contributed by atoms with Crippen molar-refractivity contribution in [3.63, 3.8) is 0 Å². The lowest BCUT2D eigenvalue weighted by Gasteiger charge is -2.15. The van der Waals surface area contributed by atoms with Crippen LogP contribution in [0.3, 0.4) is 0 Å². The van der Waals surface area contributed by atoms with E-state index in [1.807, 2.05) is 0 Å². The van der Waals surface area contributed by atoms with Gasteiger partial charge in [-0.1, -0.05) is 257 Å². The van der Waals surface area contributed by atoms with Gasteiger partial charge in [-0.2, -0.15) is 0 Å². The minimum absolute atomic E-state index is 0.0894. The van der Waals surface area contributed by atoms with Gasteiger partial charge in [-0.05, 0) is 109 Å². The lowest BCUT2D eigenvalue weighted by Crippen LogP contribution is -2.28. The molecule has 5 nitrogen and oxygen atoms in total. The second-order valence-electron chi connectivity index (χ2n) is 18.6. The Hall–Kier alpha value is -3.96. The van der Waals surface area contributed by atoms with Crippen molar-refractivity contribution < 1.29 is 24.2 Å². The molecule has 0 bridgehead atoms. The number of carbonyl (C=O) groups is 2. The summed E-state index contributed by atoms with van der Waals surface area (Å²) in [5, 5.41) is 9.64. The van der Waals surface area contributed by atoms with Crippen LogP contribution in [-0.4, -0.2) is 36.4 Å². The molecule has 0 aromatic rings. The molecule has 0 spiro atoms. The fraction of sp³-hybridized carbons (Fsp3) is 0.631. The van der Waals surface area contributed by atoms with Gasteiger partial charge in [0.25, 0.3) is 0 Å². The van der Waals surface area contributed by atoms with Gasteiger partial charge in [0, 0.05) is 12.8 Å². The minimum atomic E-state index is -0.803. The number of rotatable bonds is 51. The Bertz CT molecular complexity index is 1470. The van der Waals surface area contributed by atoms with Crippen molar-refractivity contribution in [3.8, 4) is 0 Å². The molecule has 70 heavy (non-hydrogen) atoms. The maximum absolute atomic E-state index is 12.3. The fourth-order valence-corrected chi connectivity index (χ4v) is 7.70. The first-order valence-corrected chi connectivity index (χ1v) is 28.7. The average molecular weight is 968 g/mol. The maximum atomic E-state index is 12.3. The predicted molar refractivity (Wildman–Crippen MR) is 306 cm³/mol. The van der Waals surface area contributed by atoms with Gasteiger partial charge < -0.3 is 14.6 Å². The number of unbranched alkanes of at least 4 members (excludes halogenated alkanes) is 21. The first kappa shape index (κ1) is 66.0. The summed E-state index contributed by atoms with van der Waals surface area (Å²) in [5.41, 5.74) is 0. The summed E-state index contributed by atoms with van der Waals surface area (Å²) in [6, 6.07) is 0. The zero-order valence-electron chi connectivity index (χ0n) is 45.2. The lowest BCUT2D eigenvalue weighted by molar-refractivity contribution is -0.161. The number of hydrogen-bond acceptors (Lipinski definition) is 5. The molecule has 5 heteroatoms. The molecule has 0 aliphatic heterocycles. The summed E-state index contributed by atoms with van der Waals surface area (Å²) in [6.45, 7) is 3.88. The summed E-state index contributed by atoms with van der Waals surface area (Å²) in [6.07, 6.45) is 88.6. The van der Waals surface area contributed by atoms with E-state index in [1.54, 1.807) is 0 Å². The van der Waals surface area contributed by atoms with Gasteiger partial charge in [0.05, 0.1) is 6.61 Å². The van der Waals surface area contributed by atoms with Crippen molar-refractivity contribution >= 4 is 11.9 Å². The molecular formula is C65H106O5. The first-order valence-electron chi connectivity index (χ1n) is 28.7. The van der Waals surface area contributed by atoms with Crippen molar-refractivity contribution in [2.45, 2.75) is 251 Å². The van der Waals surface area contributed by atoms with Gasteiger partial charge in [0.15, 0.2) is 6.10 Å². The van der Waals surface area contributed by atoms with E-state index in [4.69, 9.17) is 9.47 Å². The molecule has 0 heterocycles. The number of ether oxygens (including phenoxy) is 2. The first-order chi connectivity index (χ1) is 34.6. The van der Waals surface area contributed by atoms with Gasteiger partial charge in [-0.15, -0.1) is 0 Å². The van der Waals surface area contributed by atoms with E-state index in [1.165, 1.54) is 109 Å². The second-order valence-corrected chi connectivity index (χ2v) is 18.6. The van der Waals surface area contributed by atoms with Gasteiger partial charge >= 0.3 is 11.9 Å². The third-order valence-electron chi connectivity index (χ3n) is 11.9. The SMILES string of the molecule is CC/C=C\C/C=C\C/C=C\C/C=C\C/C=C\C/C=C\CCCCC(=O)OC(CO)COC(=O)CCCCCCCCCCCCCCCCCCCCC/C=C\C/C=C\C/C=C\C/C=C\C/C=C\CC. The van der Waals surface area contributed by atoms with Gasteiger partial charge in [-0.25, -0.2) is 0 Å². The monoisotopic (exact) mass is 967 g/mol. The van der Waals surface area contributed by atoms with E-state index in [2.05, 4.69) is 148 Å². The van der Waals surface area contributed by atoms with Crippen LogP contribution in [0.5, 0.6) is 0 Å². The molecule has 0 aliphatic carbocycles. The maximum Gasteiger partial charge on any atom is 0.306 e. The standard InChI is InChI=1S/C65H106O5/c1-3-5-7-9-11-13-15-17-19-21-23-25-26-27-28-29-30-31-32-33-34-35-36-37-38-40-41-43-45-47-49-51-53-55-57-59-64(67)69-62-63(61-66)70-65(68)60-58-56-54-52-50-48-46-44-42-39-24-22-20-18-16-14-12-10-8-6-4-2/h5-8,11-14,17-20,23-25,27-28,39,44,46,50,52,63,66H,3-4,9-10,15-16,21-22,26,29-38,40-43,45,47-49,51,53-62H2,1-2H3/b7-5-,8-6-,13-11-,14-12-,19-17-,20-18-,25-23-,28-27-,39-24-,46-44-,52-50-. The molecule has 1 unspecified atom stereocenters. The summed E-state index contributed by atoms with van der Waals surface area (Å²) in [5.74, 6) is -0.643.